The Kier molecular flexibility index (Phi) is 4.92. The first-order chi connectivity index (χ1) is 10.5. The van der Waals surface area contributed by atoms with Gasteiger partial charge in [-0.3, -0.25) is 9.59 Å². The predicted molar refractivity (Wildman–Crippen MR) is 74.2 cm³/mol. The van der Waals surface area contributed by atoms with E-state index < -0.39 is 30.4 Å². The Balaban J connectivity index is 1.92. The summed E-state index contributed by atoms with van der Waals surface area (Å²) in [7, 11) is 0. The maximum absolute atomic E-state index is 12.1. The van der Waals surface area contributed by atoms with Crippen LogP contribution in [0.5, 0.6) is 0 Å². The van der Waals surface area contributed by atoms with Crippen molar-refractivity contribution in [3.05, 3.63) is 35.3 Å². The van der Waals surface area contributed by atoms with Crippen molar-refractivity contribution in [2.75, 3.05) is 13.2 Å². The number of carbonyl (C=O) groups excluding carboxylic acids is 3. The third-order valence-corrected chi connectivity index (χ3v) is 3.52. The van der Waals surface area contributed by atoms with Crippen LogP contribution in [0.3, 0.4) is 0 Å². The number of piperidine rings is 1. The highest BCUT2D eigenvalue weighted by Crippen LogP contribution is 2.17. The molecule has 1 aromatic heterocycles. The third kappa shape index (κ3) is 3.72. The van der Waals surface area contributed by atoms with E-state index in [1.165, 1.54) is 17.0 Å². The minimum absolute atomic E-state index is 0.171. The summed E-state index contributed by atoms with van der Waals surface area (Å²) in [5.74, 6) is -1.71. The molecule has 0 unspecified atom stereocenters. The molecule has 2 heterocycles. The second-order valence-electron chi connectivity index (χ2n) is 5.02. The van der Waals surface area contributed by atoms with Gasteiger partial charge in [-0.2, -0.15) is 4.73 Å². The van der Waals surface area contributed by atoms with E-state index in [9.17, 15) is 19.6 Å². The molecule has 1 aliphatic rings. The molecule has 0 saturated carbocycles. The number of ether oxygens (including phenoxy) is 1. The van der Waals surface area contributed by atoms with E-state index in [2.05, 4.69) is 0 Å². The van der Waals surface area contributed by atoms with E-state index in [1.54, 1.807) is 0 Å². The molecule has 0 aliphatic carbocycles. The minimum Gasteiger partial charge on any atom is -0.619 e. The molecule has 2 amide bonds. The first-order valence-electron chi connectivity index (χ1n) is 6.94. The van der Waals surface area contributed by atoms with Crippen molar-refractivity contribution < 1.29 is 23.9 Å². The quantitative estimate of drug-likeness (QED) is 0.450. The summed E-state index contributed by atoms with van der Waals surface area (Å²) in [6.45, 7) is -0.0413. The average Bonchev–Trinajstić information content (AvgIpc) is 2.53. The summed E-state index contributed by atoms with van der Waals surface area (Å²) in [6, 6.07) is 1.95. The molecule has 0 aromatic carbocycles. The fourth-order valence-corrected chi connectivity index (χ4v) is 2.37. The lowest BCUT2D eigenvalue weighted by Gasteiger charge is -2.33. The second-order valence-corrected chi connectivity index (χ2v) is 5.02. The maximum Gasteiger partial charge on any atom is 0.339 e. The van der Waals surface area contributed by atoms with Gasteiger partial charge in [0, 0.05) is 18.7 Å². The molecular weight excluding hydrogens is 290 g/mol. The molecule has 0 bridgehead atoms. The van der Waals surface area contributed by atoms with Gasteiger partial charge in [0.05, 0.1) is 5.56 Å². The zero-order valence-corrected chi connectivity index (χ0v) is 11.9. The van der Waals surface area contributed by atoms with Crippen molar-refractivity contribution in [1.82, 2.24) is 4.90 Å². The zero-order chi connectivity index (χ0) is 16.1. The predicted octanol–water partition coefficient (Wildman–Crippen LogP) is -0.657. The molecule has 2 N–H and O–H groups in total. The highest BCUT2D eigenvalue weighted by atomic mass is 16.5. The van der Waals surface area contributed by atoms with Crippen molar-refractivity contribution in [3.8, 4) is 0 Å². The van der Waals surface area contributed by atoms with Gasteiger partial charge in [-0.05, 0) is 19.3 Å². The smallest absolute Gasteiger partial charge is 0.339 e. The third-order valence-electron chi connectivity index (χ3n) is 3.52. The monoisotopic (exact) mass is 307 g/mol. The molecule has 1 atom stereocenters. The topological polar surface area (TPSA) is 117 Å². The number of hydrogen-bond acceptors (Lipinski definition) is 5. The van der Waals surface area contributed by atoms with Crippen LogP contribution in [0, 0.1) is 5.21 Å². The highest BCUT2D eigenvalue weighted by Gasteiger charge is 2.31. The molecule has 2 rings (SSSR count). The molecular formula is C14H17N3O5. The molecule has 1 aromatic rings. The standard InChI is InChI=1S/C14H17N3O5/c15-13(19)11-3-1-2-6-17(11)12(18)9-22-14(20)10-4-7-16(21)8-5-10/h4-5,7-8,11H,1-3,6,9H2,(H2,15,19)/t11-/m0/s1. The van der Waals surface area contributed by atoms with E-state index in [-0.39, 0.29) is 5.56 Å². The summed E-state index contributed by atoms with van der Waals surface area (Å²) in [5, 5.41) is 10.9. The van der Waals surface area contributed by atoms with E-state index in [4.69, 9.17) is 10.5 Å². The van der Waals surface area contributed by atoms with Gasteiger partial charge in [0.25, 0.3) is 5.91 Å². The Morgan fingerprint density at radius 3 is 2.64 bits per heavy atom. The Morgan fingerprint density at radius 2 is 2.00 bits per heavy atom. The van der Waals surface area contributed by atoms with Crippen LogP contribution in [0.1, 0.15) is 29.6 Å². The first kappa shape index (κ1) is 15.7. The molecule has 0 spiro atoms. The van der Waals surface area contributed by atoms with Gasteiger partial charge < -0.3 is 20.6 Å². The van der Waals surface area contributed by atoms with Gasteiger partial charge in [-0.25, -0.2) is 4.79 Å². The van der Waals surface area contributed by atoms with Crippen LogP contribution < -0.4 is 10.5 Å². The molecule has 22 heavy (non-hydrogen) atoms. The molecule has 0 radical (unpaired) electrons. The number of esters is 1. The Labute approximate surface area is 127 Å². The molecule has 1 aliphatic heterocycles. The number of rotatable bonds is 4. The lowest BCUT2D eigenvalue weighted by atomic mass is 10.0. The van der Waals surface area contributed by atoms with Gasteiger partial charge in [0.15, 0.2) is 19.0 Å². The Hall–Kier alpha value is -2.64. The van der Waals surface area contributed by atoms with Gasteiger partial charge in [-0.15, -0.1) is 0 Å². The fraction of sp³-hybridized carbons (Fsp3) is 0.429. The van der Waals surface area contributed by atoms with E-state index in [0.29, 0.717) is 17.7 Å². The van der Waals surface area contributed by atoms with E-state index >= 15 is 0 Å². The number of nitrogens with zero attached hydrogens (tertiary/aromatic N) is 2. The van der Waals surface area contributed by atoms with Crippen LogP contribution in [-0.4, -0.2) is 41.9 Å². The summed E-state index contributed by atoms with van der Waals surface area (Å²) in [4.78, 5) is 36.6. The highest BCUT2D eigenvalue weighted by molar-refractivity contribution is 5.92. The zero-order valence-electron chi connectivity index (χ0n) is 11.9. The van der Waals surface area contributed by atoms with Crippen molar-refractivity contribution in [3.63, 3.8) is 0 Å². The van der Waals surface area contributed by atoms with Crippen molar-refractivity contribution in [2.24, 2.45) is 5.73 Å². The fourth-order valence-electron chi connectivity index (χ4n) is 2.37. The van der Waals surface area contributed by atoms with E-state index in [0.717, 1.165) is 25.2 Å². The molecule has 1 fully saturated rings. The lowest BCUT2D eigenvalue weighted by molar-refractivity contribution is -0.605. The number of pyridine rings is 1. The van der Waals surface area contributed by atoms with E-state index in [1.807, 2.05) is 0 Å². The Morgan fingerprint density at radius 1 is 1.32 bits per heavy atom. The minimum atomic E-state index is -0.707. The van der Waals surface area contributed by atoms with Gasteiger partial charge in [-0.1, -0.05) is 0 Å². The number of carbonyl (C=O) groups is 3. The van der Waals surface area contributed by atoms with Crippen LogP contribution in [-0.2, 0) is 14.3 Å². The number of hydrogen-bond donors (Lipinski definition) is 1. The molecule has 118 valence electrons. The maximum atomic E-state index is 12.1. The van der Waals surface area contributed by atoms with Crippen molar-refractivity contribution in [1.29, 1.82) is 0 Å². The largest absolute Gasteiger partial charge is 0.619 e. The van der Waals surface area contributed by atoms with Gasteiger partial charge >= 0.3 is 5.97 Å². The number of aromatic nitrogens is 1. The summed E-state index contributed by atoms with van der Waals surface area (Å²) in [5.41, 5.74) is 5.46. The normalized spacial score (nSPS) is 17.8. The molecule has 1 saturated heterocycles. The Bertz CT molecular complexity index is 572. The summed E-state index contributed by atoms with van der Waals surface area (Å²) >= 11 is 0. The van der Waals surface area contributed by atoms with Crippen LogP contribution in [0.15, 0.2) is 24.5 Å². The van der Waals surface area contributed by atoms with Crippen LogP contribution in [0.4, 0.5) is 0 Å². The lowest BCUT2D eigenvalue weighted by Crippen LogP contribution is -2.51. The van der Waals surface area contributed by atoms with Crippen molar-refractivity contribution >= 4 is 17.8 Å². The van der Waals surface area contributed by atoms with Crippen LogP contribution >= 0.6 is 0 Å². The van der Waals surface area contributed by atoms with Crippen LogP contribution in [0.2, 0.25) is 0 Å². The summed E-state index contributed by atoms with van der Waals surface area (Å²) < 4.78 is 5.45. The number of primary amides is 1. The molecule has 8 heteroatoms. The number of nitrogens with two attached hydrogens (primary N) is 1. The second kappa shape index (κ2) is 6.88. The van der Waals surface area contributed by atoms with Gasteiger partial charge in [0.1, 0.15) is 6.04 Å². The number of likely N-dealkylation sites (tertiary alicyclic amines) is 1. The summed E-state index contributed by atoms with van der Waals surface area (Å²) in [6.07, 6.45) is 4.46. The number of amides is 2. The van der Waals surface area contributed by atoms with Gasteiger partial charge in [0.2, 0.25) is 5.91 Å². The van der Waals surface area contributed by atoms with Crippen LogP contribution in [0.25, 0.3) is 0 Å². The SMILES string of the molecule is NC(=O)[C@@H]1CCCCN1C(=O)COC(=O)c1cc[n+]([O-])cc1. The first-order valence-corrected chi connectivity index (χ1v) is 6.94. The van der Waals surface area contributed by atoms with Crippen molar-refractivity contribution in [2.45, 2.75) is 25.3 Å². The molecule has 8 nitrogen and oxygen atoms in total. The average molecular weight is 307 g/mol.